The normalized spacial score (nSPS) is 18.3. The Kier molecular flexibility index (Phi) is 5.75. The molecule has 10 heteroatoms. The van der Waals surface area contributed by atoms with E-state index in [0.29, 0.717) is 12.4 Å². The van der Waals surface area contributed by atoms with E-state index in [-0.39, 0.29) is 37.7 Å². The van der Waals surface area contributed by atoms with Crippen molar-refractivity contribution in [3.8, 4) is 0 Å². The molecule has 9 nitrogen and oxygen atoms in total. The number of rotatable bonds is 6. The second-order valence-electron chi connectivity index (χ2n) is 6.39. The van der Waals surface area contributed by atoms with Crippen LogP contribution in [0.4, 0.5) is 4.39 Å². The first-order valence-corrected chi connectivity index (χ1v) is 8.55. The van der Waals surface area contributed by atoms with Gasteiger partial charge in [0, 0.05) is 19.5 Å². The second-order valence-corrected chi connectivity index (χ2v) is 6.39. The van der Waals surface area contributed by atoms with Crippen LogP contribution in [0.3, 0.4) is 0 Å². The maximum Gasteiger partial charge on any atom is 0.306 e. The number of halogens is 1. The minimum atomic E-state index is -0.978. The highest BCUT2D eigenvalue weighted by Crippen LogP contribution is 2.20. The molecule has 0 bridgehead atoms. The topological polar surface area (TPSA) is 110 Å². The van der Waals surface area contributed by atoms with Gasteiger partial charge in [-0.3, -0.25) is 9.59 Å². The van der Waals surface area contributed by atoms with Crippen LogP contribution in [0.25, 0.3) is 0 Å². The largest absolute Gasteiger partial charge is 0.481 e. The zero-order valence-electron chi connectivity index (χ0n) is 14.8. The molecule has 2 aromatic rings. The lowest BCUT2D eigenvalue weighted by atomic mass is 10.0. The van der Waals surface area contributed by atoms with E-state index in [4.69, 9.17) is 9.84 Å². The molecule has 2 atom stereocenters. The summed E-state index contributed by atoms with van der Waals surface area (Å²) in [5.41, 5.74) is 0.764. The lowest BCUT2D eigenvalue weighted by molar-refractivity contribution is -0.149. The number of amides is 1. The first-order valence-electron chi connectivity index (χ1n) is 8.55. The number of nitrogens with zero attached hydrogens (tertiary/aromatic N) is 5. The third-order valence-corrected chi connectivity index (χ3v) is 4.43. The number of carbonyl (C=O) groups is 2. The average Bonchev–Trinajstić information content (AvgIpc) is 3.06. The van der Waals surface area contributed by atoms with Crippen molar-refractivity contribution in [3.63, 3.8) is 0 Å². The molecule has 1 amide bonds. The molecule has 144 valence electrons. The van der Waals surface area contributed by atoms with E-state index in [1.165, 1.54) is 16.8 Å². The van der Waals surface area contributed by atoms with Crippen molar-refractivity contribution in [1.29, 1.82) is 0 Å². The smallest absolute Gasteiger partial charge is 0.306 e. The molecule has 27 heavy (non-hydrogen) atoms. The van der Waals surface area contributed by atoms with Gasteiger partial charge in [-0.15, -0.1) is 5.10 Å². The summed E-state index contributed by atoms with van der Waals surface area (Å²) in [4.78, 5) is 25.7. The summed E-state index contributed by atoms with van der Waals surface area (Å²) >= 11 is 0. The van der Waals surface area contributed by atoms with Gasteiger partial charge in [-0.05, 0) is 35.0 Å². The summed E-state index contributed by atoms with van der Waals surface area (Å²) in [7, 11) is 0. The molecule has 1 N–H and O–H groups in total. The molecule has 0 saturated carbocycles. The van der Waals surface area contributed by atoms with Crippen molar-refractivity contribution in [2.45, 2.75) is 31.9 Å². The van der Waals surface area contributed by atoms with Crippen LogP contribution in [0.5, 0.6) is 0 Å². The molecular weight excluding hydrogens is 357 g/mol. The molecule has 3 rings (SSSR count). The number of aryl methyl sites for hydroxylation is 1. The Hall–Kier alpha value is -2.88. The molecule has 0 radical (unpaired) electrons. The Bertz CT molecular complexity index is 810. The Morgan fingerprint density at radius 3 is 2.74 bits per heavy atom. The summed E-state index contributed by atoms with van der Waals surface area (Å²) in [5, 5.41) is 20.3. The third-order valence-electron chi connectivity index (χ3n) is 4.43. The predicted octanol–water partition coefficient (Wildman–Crippen LogP) is 0.607. The number of aliphatic carboxylic acids is 1. The van der Waals surface area contributed by atoms with E-state index in [2.05, 4.69) is 15.5 Å². The minimum absolute atomic E-state index is 0.170. The van der Waals surface area contributed by atoms with Crippen molar-refractivity contribution in [1.82, 2.24) is 25.1 Å². The van der Waals surface area contributed by atoms with Crippen molar-refractivity contribution in [3.05, 3.63) is 41.5 Å². The standard InChI is InChI=1S/C17H20FN5O4/c1-11-19-20-21-23(11)15(8-12-2-4-13(18)5-3-12)17(26)22-6-7-27-14(10-22)9-16(24)25/h2-5,14-15H,6-10H2,1H3,(H,24,25)/t14-,15-/m1/s1. The lowest BCUT2D eigenvalue weighted by Gasteiger charge is -2.34. The quantitative estimate of drug-likeness (QED) is 0.785. The highest BCUT2D eigenvalue weighted by Gasteiger charge is 2.32. The molecular formula is C17H20FN5O4. The number of hydrogen-bond donors (Lipinski definition) is 1. The van der Waals surface area contributed by atoms with Crippen molar-refractivity contribution in [2.75, 3.05) is 19.7 Å². The van der Waals surface area contributed by atoms with Crippen LogP contribution < -0.4 is 0 Å². The van der Waals surface area contributed by atoms with Gasteiger partial charge in [0.15, 0.2) is 0 Å². The van der Waals surface area contributed by atoms with Gasteiger partial charge in [0.1, 0.15) is 17.7 Å². The number of carboxylic acid groups (broad SMARTS) is 1. The fourth-order valence-corrected chi connectivity index (χ4v) is 3.10. The molecule has 1 fully saturated rings. The van der Waals surface area contributed by atoms with E-state index in [1.54, 1.807) is 24.0 Å². The summed E-state index contributed by atoms with van der Waals surface area (Å²) in [5.74, 6) is -1.09. The highest BCUT2D eigenvalue weighted by atomic mass is 19.1. The number of morpholine rings is 1. The van der Waals surface area contributed by atoms with E-state index < -0.39 is 18.1 Å². The molecule has 1 aliphatic heterocycles. The zero-order valence-corrected chi connectivity index (χ0v) is 14.8. The fourth-order valence-electron chi connectivity index (χ4n) is 3.10. The van der Waals surface area contributed by atoms with Crippen LogP contribution in [0, 0.1) is 12.7 Å². The van der Waals surface area contributed by atoms with Crippen molar-refractivity contribution < 1.29 is 23.8 Å². The summed E-state index contributed by atoms with van der Waals surface area (Å²) < 4.78 is 20.1. The Morgan fingerprint density at radius 1 is 1.37 bits per heavy atom. The van der Waals surface area contributed by atoms with Crippen molar-refractivity contribution in [2.24, 2.45) is 0 Å². The van der Waals surface area contributed by atoms with E-state index >= 15 is 0 Å². The van der Waals surface area contributed by atoms with Crippen LogP contribution in [-0.2, 0) is 20.7 Å². The van der Waals surface area contributed by atoms with Gasteiger partial charge >= 0.3 is 5.97 Å². The van der Waals surface area contributed by atoms with Gasteiger partial charge in [-0.2, -0.15) is 0 Å². The van der Waals surface area contributed by atoms with E-state index in [1.807, 2.05) is 0 Å². The molecule has 0 spiro atoms. The molecule has 0 aliphatic carbocycles. The fraction of sp³-hybridized carbons (Fsp3) is 0.471. The summed E-state index contributed by atoms with van der Waals surface area (Å²) in [6.07, 6.45) is -0.441. The zero-order chi connectivity index (χ0) is 19.4. The third kappa shape index (κ3) is 4.64. The van der Waals surface area contributed by atoms with Gasteiger partial charge in [0.05, 0.1) is 19.1 Å². The van der Waals surface area contributed by atoms with Crippen LogP contribution in [0.15, 0.2) is 24.3 Å². The first-order chi connectivity index (χ1) is 12.9. The average molecular weight is 377 g/mol. The Morgan fingerprint density at radius 2 is 2.11 bits per heavy atom. The molecule has 1 aromatic carbocycles. The number of ether oxygens (including phenoxy) is 1. The second kappa shape index (κ2) is 8.21. The lowest BCUT2D eigenvalue weighted by Crippen LogP contribution is -2.49. The SMILES string of the molecule is Cc1nnnn1[C@H](Cc1ccc(F)cc1)C(=O)N1CCO[C@H](CC(=O)O)C1. The van der Waals surface area contributed by atoms with Crippen molar-refractivity contribution >= 4 is 11.9 Å². The molecule has 2 heterocycles. The number of hydrogen-bond acceptors (Lipinski definition) is 6. The van der Waals surface area contributed by atoms with E-state index in [0.717, 1.165) is 5.56 Å². The van der Waals surface area contributed by atoms with Crippen LogP contribution in [-0.4, -0.2) is 67.9 Å². The Balaban J connectivity index is 1.81. The van der Waals surface area contributed by atoms with Gasteiger partial charge in [0.25, 0.3) is 0 Å². The molecule has 1 saturated heterocycles. The molecule has 0 unspecified atom stereocenters. The maximum atomic E-state index is 13.2. The van der Waals surface area contributed by atoms with Gasteiger partial charge in [-0.25, -0.2) is 9.07 Å². The number of carbonyl (C=O) groups excluding carboxylic acids is 1. The van der Waals surface area contributed by atoms with Crippen LogP contribution >= 0.6 is 0 Å². The Labute approximate surface area is 154 Å². The summed E-state index contributed by atoms with van der Waals surface area (Å²) in [6, 6.07) is 5.18. The number of aromatic nitrogens is 4. The van der Waals surface area contributed by atoms with E-state index in [9.17, 15) is 14.0 Å². The van der Waals surface area contributed by atoms with Crippen LogP contribution in [0.1, 0.15) is 23.9 Å². The molecule has 1 aliphatic rings. The van der Waals surface area contributed by atoms with Crippen LogP contribution in [0.2, 0.25) is 0 Å². The summed E-state index contributed by atoms with van der Waals surface area (Å²) in [6.45, 7) is 2.50. The first kappa shape index (κ1) is 18.9. The maximum absolute atomic E-state index is 13.2. The predicted molar refractivity (Wildman–Crippen MR) is 90.3 cm³/mol. The van der Waals surface area contributed by atoms with Gasteiger partial charge in [0.2, 0.25) is 5.91 Å². The van der Waals surface area contributed by atoms with Gasteiger partial charge < -0.3 is 14.7 Å². The monoisotopic (exact) mass is 377 g/mol. The molecule has 1 aromatic heterocycles. The minimum Gasteiger partial charge on any atom is -0.481 e. The number of benzene rings is 1. The number of tetrazole rings is 1. The highest BCUT2D eigenvalue weighted by molar-refractivity contribution is 5.81. The van der Waals surface area contributed by atoms with Gasteiger partial charge in [-0.1, -0.05) is 12.1 Å². The number of carboxylic acids is 1.